The van der Waals surface area contributed by atoms with Crippen LogP contribution in [0.2, 0.25) is 0 Å². The molecule has 1 unspecified atom stereocenters. The van der Waals surface area contributed by atoms with Gasteiger partial charge < -0.3 is 10.1 Å². The van der Waals surface area contributed by atoms with Crippen LogP contribution in [0.25, 0.3) is 0 Å². The number of nitrogens with one attached hydrogen (secondary N) is 1. The van der Waals surface area contributed by atoms with Crippen molar-refractivity contribution >= 4 is 25.3 Å². The molecule has 4 heteroatoms. The Balaban J connectivity index is 2.88. The number of ether oxygens (including phenoxy) is 1. The van der Waals surface area contributed by atoms with E-state index in [1.54, 1.807) is 7.11 Å². The Hall–Kier alpha value is 0.620. The molecule has 0 aliphatic rings. The summed E-state index contributed by atoms with van der Waals surface area (Å²) in [6, 6.07) is 0. The number of hydrogen-bond acceptors (Lipinski definition) is 4. The first kappa shape index (κ1) is 9.62. The summed E-state index contributed by atoms with van der Waals surface area (Å²) in [5.74, 6) is 0.743. The molecule has 1 N–H and O–H groups in total. The lowest BCUT2D eigenvalue weighted by atomic mass is 10.6. The van der Waals surface area contributed by atoms with E-state index >= 15 is 0 Å². The molecular weight excluding hydrogens is 154 g/mol. The third-order valence-corrected chi connectivity index (χ3v) is 1.88. The monoisotopic (exact) mass is 167 g/mol. The Morgan fingerprint density at radius 2 is 2.33 bits per heavy atom. The Morgan fingerprint density at radius 3 is 2.78 bits per heavy atom. The minimum atomic E-state index is 0.184. The van der Waals surface area contributed by atoms with Gasteiger partial charge in [0.2, 0.25) is 0 Å². The minimum Gasteiger partial charge on any atom is -0.383 e. The lowest BCUT2D eigenvalue weighted by molar-refractivity contribution is 0.199. The summed E-state index contributed by atoms with van der Waals surface area (Å²) in [6.07, 6.45) is 0. The maximum atomic E-state index is 4.82. The molecule has 56 valence electrons. The van der Waals surface area contributed by atoms with Gasteiger partial charge in [-0.1, -0.05) is 0 Å². The van der Waals surface area contributed by atoms with Gasteiger partial charge in [0.15, 0.2) is 0 Å². The quantitative estimate of drug-likeness (QED) is 0.313. The molecule has 0 saturated carbocycles. The van der Waals surface area contributed by atoms with Crippen LogP contribution >= 0.6 is 25.3 Å². The Bertz CT molecular complexity index is 62.9. The fourth-order valence-corrected chi connectivity index (χ4v) is 0.650. The summed E-state index contributed by atoms with van der Waals surface area (Å²) >= 11 is 8.20. The lowest BCUT2D eigenvalue weighted by Gasteiger charge is -2.08. The minimum absolute atomic E-state index is 0.184. The number of methoxy groups -OCH3 is 1. The Labute approximate surface area is 67.2 Å². The molecule has 0 heterocycles. The van der Waals surface area contributed by atoms with Gasteiger partial charge in [0.1, 0.15) is 0 Å². The molecule has 0 aliphatic carbocycles. The third-order valence-electron chi connectivity index (χ3n) is 0.859. The zero-order chi connectivity index (χ0) is 7.11. The topological polar surface area (TPSA) is 21.3 Å². The molecule has 0 aromatic carbocycles. The Kier molecular flexibility index (Phi) is 7.20. The van der Waals surface area contributed by atoms with Crippen molar-refractivity contribution in [2.45, 2.75) is 5.37 Å². The van der Waals surface area contributed by atoms with Gasteiger partial charge >= 0.3 is 0 Å². The normalized spacial score (nSPS) is 13.7. The van der Waals surface area contributed by atoms with Crippen molar-refractivity contribution in [3.63, 3.8) is 0 Å². The van der Waals surface area contributed by atoms with E-state index < -0.39 is 0 Å². The van der Waals surface area contributed by atoms with Gasteiger partial charge in [0.25, 0.3) is 0 Å². The predicted octanol–water partition coefficient (Wildman–Crippen LogP) is 0.408. The van der Waals surface area contributed by atoms with Gasteiger partial charge in [0, 0.05) is 19.4 Å². The Morgan fingerprint density at radius 1 is 1.67 bits per heavy atom. The van der Waals surface area contributed by atoms with Gasteiger partial charge in [-0.05, 0) is 0 Å². The van der Waals surface area contributed by atoms with Crippen molar-refractivity contribution in [2.75, 3.05) is 26.0 Å². The van der Waals surface area contributed by atoms with Crippen LogP contribution in [0.1, 0.15) is 0 Å². The highest BCUT2D eigenvalue weighted by molar-refractivity contribution is 7.84. The van der Waals surface area contributed by atoms with Crippen LogP contribution < -0.4 is 5.32 Å². The van der Waals surface area contributed by atoms with Crippen LogP contribution in [-0.2, 0) is 4.74 Å². The average molecular weight is 167 g/mol. The highest BCUT2D eigenvalue weighted by atomic mass is 32.1. The zero-order valence-corrected chi connectivity index (χ0v) is 7.29. The largest absolute Gasteiger partial charge is 0.383 e. The first-order chi connectivity index (χ1) is 4.31. The second-order valence-corrected chi connectivity index (χ2v) is 2.63. The van der Waals surface area contributed by atoms with Gasteiger partial charge in [-0.3, -0.25) is 0 Å². The molecule has 9 heavy (non-hydrogen) atoms. The number of rotatable bonds is 5. The van der Waals surface area contributed by atoms with E-state index in [-0.39, 0.29) is 5.37 Å². The maximum Gasteiger partial charge on any atom is 0.0592 e. The average Bonchev–Trinajstić information content (AvgIpc) is 1.89. The maximum absolute atomic E-state index is 4.82. The van der Waals surface area contributed by atoms with E-state index in [0.29, 0.717) is 0 Å². The molecule has 2 nitrogen and oxygen atoms in total. The van der Waals surface area contributed by atoms with Crippen molar-refractivity contribution in [1.82, 2.24) is 5.32 Å². The molecule has 0 spiro atoms. The second-order valence-electron chi connectivity index (χ2n) is 1.65. The molecule has 0 aromatic rings. The molecule has 0 fully saturated rings. The fourth-order valence-electron chi connectivity index (χ4n) is 0.392. The van der Waals surface area contributed by atoms with Gasteiger partial charge in [0.05, 0.1) is 12.0 Å². The first-order valence-corrected chi connectivity index (χ1v) is 3.97. The molecule has 0 aliphatic heterocycles. The smallest absolute Gasteiger partial charge is 0.0592 e. The van der Waals surface area contributed by atoms with Crippen LogP contribution in [-0.4, -0.2) is 31.4 Å². The van der Waals surface area contributed by atoms with Crippen molar-refractivity contribution in [3.8, 4) is 0 Å². The molecule has 0 rings (SSSR count). The van der Waals surface area contributed by atoms with Crippen molar-refractivity contribution in [2.24, 2.45) is 0 Å². The molecule has 0 bridgehead atoms. The summed E-state index contributed by atoms with van der Waals surface area (Å²) < 4.78 is 4.82. The van der Waals surface area contributed by atoms with Gasteiger partial charge in [-0.2, -0.15) is 25.3 Å². The SMILES string of the molecule is COCCNC(S)CS. The second kappa shape index (κ2) is 6.74. The standard InChI is InChI=1S/C5H13NOS2/c1-7-3-2-6-5(9)4-8/h5-6,8-9H,2-4H2,1H3. The highest BCUT2D eigenvalue weighted by Gasteiger charge is 1.95. The van der Waals surface area contributed by atoms with Crippen LogP contribution in [0.5, 0.6) is 0 Å². The lowest BCUT2D eigenvalue weighted by Crippen LogP contribution is -2.28. The fraction of sp³-hybridized carbons (Fsp3) is 1.00. The van der Waals surface area contributed by atoms with E-state index in [1.165, 1.54) is 0 Å². The van der Waals surface area contributed by atoms with Crippen LogP contribution in [0.15, 0.2) is 0 Å². The molecule has 0 amide bonds. The summed E-state index contributed by atoms with van der Waals surface area (Å²) in [7, 11) is 1.68. The van der Waals surface area contributed by atoms with Crippen LogP contribution in [0.3, 0.4) is 0 Å². The molecule has 0 saturated heterocycles. The summed E-state index contributed by atoms with van der Waals surface area (Å²) in [4.78, 5) is 0. The summed E-state index contributed by atoms with van der Waals surface area (Å²) in [6.45, 7) is 1.57. The zero-order valence-electron chi connectivity index (χ0n) is 5.50. The van der Waals surface area contributed by atoms with E-state index in [2.05, 4.69) is 30.6 Å². The number of thiol groups is 2. The first-order valence-electron chi connectivity index (χ1n) is 2.82. The predicted molar refractivity (Wildman–Crippen MR) is 46.5 cm³/mol. The van der Waals surface area contributed by atoms with E-state index in [4.69, 9.17) is 4.74 Å². The van der Waals surface area contributed by atoms with Crippen molar-refractivity contribution in [1.29, 1.82) is 0 Å². The van der Waals surface area contributed by atoms with E-state index in [0.717, 1.165) is 18.9 Å². The molecule has 0 aromatic heterocycles. The molecule has 1 atom stereocenters. The summed E-state index contributed by atoms with van der Waals surface area (Å²) in [5.41, 5.74) is 0. The third kappa shape index (κ3) is 6.51. The van der Waals surface area contributed by atoms with Crippen molar-refractivity contribution in [3.05, 3.63) is 0 Å². The summed E-state index contributed by atoms with van der Waals surface area (Å²) in [5, 5.41) is 3.28. The van der Waals surface area contributed by atoms with Crippen LogP contribution in [0, 0.1) is 0 Å². The van der Waals surface area contributed by atoms with E-state index in [1.807, 2.05) is 0 Å². The number of hydrogen-bond donors (Lipinski definition) is 3. The van der Waals surface area contributed by atoms with Gasteiger partial charge in [-0.25, -0.2) is 0 Å². The van der Waals surface area contributed by atoms with Crippen molar-refractivity contribution < 1.29 is 4.74 Å². The molecular formula is C5H13NOS2. The van der Waals surface area contributed by atoms with Gasteiger partial charge in [-0.15, -0.1) is 0 Å². The van der Waals surface area contributed by atoms with E-state index in [9.17, 15) is 0 Å². The molecule has 0 radical (unpaired) electrons. The van der Waals surface area contributed by atoms with Crippen LogP contribution in [0.4, 0.5) is 0 Å². The highest BCUT2D eigenvalue weighted by Crippen LogP contribution is 1.90.